The van der Waals surface area contributed by atoms with Gasteiger partial charge in [-0.25, -0.2) is 9.07 Å². The van der Waals surface area contributed by atoms with Crippen molar-refractivity contribution in [3.63, 3.8) is 0 Å². The Morgan fingerprint density at radius 2 is 2.24 bits per heavy atom. The van der Waals surface area contributed by atoms with E-state index in [1.165, 1.54) is 6.07 Å². The summed E-state index contributed by atoms with van der Waals surface area (Å²) in [5.41, 5.74) is 1.58. The number of aromatic nitrogens is 2. The molecule has 5 heteroatoms. The molecule has 4 nitrogen and oxygen atoms in total. The van der Waals surface area contributed by atoms with Crippen LogP contribution in [0.5, 0.6) is 0 Å². The number of hydrogen-bond donors (Lipinski definition) is 0. The minimum absolute atomic E-state index is 0.259. The first-order valence-corrected chi connectivity index (χ1v) is 7.38. The maximum Gasteiger partial charge on any atom is 0.148 e. The summed E-state index contributed by atoms with van der Waals surface area (Å²) in [4.78, 5) is 2.41. The molecule has 21 heavy (non-hydrogen) atoms. The smallest absolute Gasteiger partial charge is 0.148 e. The molecule has 0 unspecified atom stereocenters. The summed E-state index contributed by atoms with van der Waals surface area (Å²) in [6.07, 6.45) is 4.79. The Morgan fingerprint density at radius 1 is 1.38 bits per heavy atom. The van der Waals surface area contributed by atoms with E-state index in [1.807, 2.05) is 18.5 Å². The van der Waals surface area contributed by atoms with Gasteiger partial charge in [-0.3, -0.25) is 4.90 Å². The zero-order chi connectivity index (χ0) is 14.7. The summed E-state index contributed by atoms with van der Waals surface area (Å²) >= 11 is 0. The molecule has 0 N–H and O–H groups in total. The summed E-state index contributed by atoms with van der Waals surface area (Å²) in [7, 11) is 0. The molecule has 0 radical (unpaired) electrons. The summed E-state index contributed by atoms with van der Waals surface area (Å²) < 4.78 is 20.9. The van der Waals surface area contributed by atoms with Crippen LogP contribution in [0.2, 0.25) is 0 Å². The summed E-state index contributed by atoms with van der Waals surface area (Å²) in [5, 5.41) is 4.28. The van der Waals surface area contributed by atoms with Crippen LogP contribution >= 0.6 is 0 Å². The number of rotatable bonds is 4. The molecule has 1 aliphatic heterocycles. The van der Waals surface area contributed by atoms with Gasteiger partial charge in [0, 0.05) is 30.9 Å². The van der Waals surface area contributed by atoms with Crippen LogP contribution in [0.1, 0.15) is 18.9 Å². The first-order chi connectivity index (χ1) is 10.3. The molecule has 2 aromatic rings. The average molecular weight is 289 g/mol. The van der Waals surface area contributed by atoms with Gasteiger partial charge in [-0.2, -0.15) is 5.10 Å². The van der Waals surface area contributed by atoms with Crippen molar-refractivity contribution in [3.8, 4) is 5.69 Å². The monoisotopic (exact) mass is 289 g/mol. The molecule has 1 saturated heterocycles. The van der Waals surface area contributed by atoms with E-state index >= 15 is 0 Å². The van der Waals surface area contributed by atoms with E-state index in [4.69, 9.17) is 4.74 Å². The van der Waals surface area contributed by atoms with Gasteiger partial charge in [0.05, 0.1) is 19.4 Å². The number of halogens is 1. The van der Waals surface area contributed by atoms with Gasteiger partial charge in [-0.05, 0) is 18.6 Å². The molecule has 1 aromatic carbocycles. The number of hydrogen-bond acceptors (Lipinski definition) is 3. The molecule has 1 fully saturated rings. The molecule has 112 valence electrons. The average Bonchev–Trinajstić information content (AvgIpc) is 2.96. The highest BCUT2D eigenvalue weighted by Crippen LogP contribution is 2.17. The van der Waals surface area contributed by atoms with Crippen molar-refractivity contribution < 1.29 is 9.13 Å². The van der Waals surface area contributed by atoms with Crippen LogP contribution in [0.15, 0.2) is 36.7 Å². The number of nitrogens with zero attached hydrogens (tertiary/aromatic N) is 3. The van der Waals surface area contributed by atoms with Crippen molar-refractivity contribution >= 4 is 0 Å². The second-order valence-corrected chi connectivity index (χ2v) is 5.35. The van der Waals surface area contributed by atoms with Gasteiger partial charge in [-0.15, -0.1) is 0 Å². The van der Waals surface area contributed by atoms with Crippen molar-refractivity contribution in [3.05, 3.63) is 48.0 Å². The van der Waals surface area contributed by atoms with E-state index in [-0.39, 0.29) is 5.82 Å². The highest BCUT2D eigenvalue weighted by atomic mass is 19.1. The maximum absolute atomic E-state index is 13.8. The van der Waals surface area contributed by atoms with Crippen LogP contribution in [-0.2, 0) is 11.3 Å². The van der Waals surface area contributed by atoms with E-state index in [9.17, 15) is 4.39 Å². The quantitative estimate of drug-likeness (QED) is 0.867. The van der Waals surface area contributed by atoms with Crippen molar-refractivity contribution in [1.29, 1.82) is 0 Å². The van der Waals surface area contributed by atoms with Gasteiger partial charge in [0.15, 0.2) is 0 Å². The zero-order valence-electron chi connectivity index (χ0n) is 12.2. The molecule has 0 spiro atoms. The molecule has 0 amide bonds. The summed E-state index contributed by atoms with van der Waals surface area (Å²) in [5.74, 6) is -0.259. The normalized spacial score (nSPS) is 19.8. The Morgan fingerprint density at radius 3 is 3.05 bits per heavy atom. The SMILES string of the molecule is CC[C@H]1COCCN1Cc1cnn(-c2ccccc2F)c1. The minimum atomic E-state index is -0.259. The van der Waals surface area contributed by atoms with Crippen molar-refractivity contribution in [2.24, 2.45) is 0 Å². The van der Waals surface area contributed by atoms with E-state index in [0.29, 0.717) is 11.7 Å². The van der Waals surface area contributed by atoms with Gasteiger partial charge < -0.3 is 4.74 Å². The lowest BCUT2D eigenvalue weighted by Crippen LogP contribution is -2.44. The number of benzene rings is 1. The first-order valence-electron chi connectivity index (χ1n) is 7.38. The van der Waals surface area contributed by atoms with Crippen LogP contribution in [-0.4, -0.2) is 40.5 Å². The van der Waals surface area contributed by atoms with Crippen molar-refractivity contribution in [2.45, 2.75) is 25.9 Å². The maximum atomic E-state index is 13.8. The Labute approximate surface area is 124 Å². The number of ether oxygens (including phenoxy) is 1. The minimum Gasteiger partial charge on any atom is -0.378 e. The van der Waals surface area contributed by atoms with Crippen LogP contribution < -0.4 is 0 Å². The fraction of sp³-hybridized carbons (Fsp3) is 0.438. The zero-order valence-corrected chi connectivity index (χ0v) is 12.2. The molecular formula is C16H20FN3O. The summed E-state index contributed by atoms with van der Waals surface area (Å²) in [6, 6.07) is 7.13. The van der Waals surface area contributed by atoms with E-state index < -0.39 is 0 Å². The lowest BCUT2D eigenvalue weighted by atomic mass is 10.1. The Hall–Kier alpha value is -1.72. The van der Waals surface area contributed by atoms with Crippen LogP contribution in [0.25, 0.3) is 5.69 Å². The Balaban J connectivity index is 1.75. The van der Waals surface area contributed by atoms with Gasteiger partial charge >= 0.3 is 0 Å². The standard InChI is InChI=1S/C16H20FN3O/c1-2-14-12-21-8-7-19(14)10-13-9-18-20(11-13)16-6-4-3-5-15(16)17/h3-6,9,11,14H,2,7-8,10,12H2,1H3/t14-/m0/s1. The second-order valence-electron chi connectivity index (χ2n) is 5.35. The van der Waals surface area contributed by atoms with Crippen LogP contribution in [0.3, 0.4) is 0 Å². The molecular weight excluding hydrogens is 269 g/mol. The van der Waals surface area contributed by atoms with Gasteiger partial charge in [-0.1, -0.05) is 19.1 Å². The molecule has 0 saturated carbocycles. The Kier molecular flexibility index (Phi) is 4.31. The number of morpholine rings is 1. The molecule has 0 bridgehead atoms. The molecule has 2 heterocycles. The van der Waals surface area contributed by atoms with Gasteiger partial charge in [0.1, 0.15) is 11.5 Å². The molecule has 0 aliphatic carbocycles. The molecule has 1 aliphatic rings. The van der Waals surface area contributed by atoms with Crippen LogP contribution in [0.4, 0.5) is 4.39 Å². The van der Waals surface area contributed by atoms with E-state index in [0.717, 1.165) is 38.3 Å². The molecule has 3 rings (SSSR count). The lowest BCUT2D eigenvalue weighted by molar-refractivity contribution is -0.0127. The van der Waals surface area contributed by atoms with Gasteiger partial charge in [0.2, 0.25) is 0 Å². The molecule has 1 atom stereocenters. The number of para-hydroxylation sites is 1. The lowest BCUT2D eigenvalue weighted by Gasteiger charge is -2.34. The van der Waals surface area contributed by atoms with Crippen LogP contribution in [0, 0.1) is 5.82 Å². The Bertz CT molecular complexity index is 599. The summed E-state index contributed by atoms with van der Waals surface area (Å²) in [6.45, 7) is 5.50. The molecule has 1 aromatic heterocycles. The third kappa shape index (κ3) is 3.14. The fourth-order valence-electron chi connectivity index (χ4n) is 2.72. The predicted octanol–water partition coefficient (Wildman–Crippen LogP) is 2.62. The van der Waals surface area contributed by atoms with Gasteiger partial charge in [0.25, 0.3) is 0 Å². The van der Waals surface area contributed by atoms with Crippen molar-refractivity contribution in [2.75, 3.05) is 19.8 Å². The highest BCUT2D eigenvalue weighted by Gasteiger charge is 2.21. The third-order valence-corrected chi connectivity index (χ3v) is 3.94. The predicted molar refractivity (Wildman–Crippen MR) is 78.8 cm³/mol. The highest BCUT2D eigenvalue weighted by molar-refractivity contribution is 5.32. The fourth-order valence-corrected chi connectivity index (χ4v) is 2.72. The second kappa shape index (κ2) is 6.37. The van der Waals surface area contributed by atoms with Crippen molar-refractivity contribution in [1.82, 2.24) is 14.7 Å². The largest absolute Gasteiger partial charge is 0.378 e. The van der Waals surface area contributed by atoms with E-state index in [1.54, 1.807) is 16.8 Å². The third-order valence-electron chi connectivity index (χ3n) is 3.94. The first kappa shape index (κ1) is 14.2. The topological polar surface area (TPSA) is 30.3 Å². The van der Waals surface area contributed by atoms with E-state index in [2.05, 4.69) is 16.9 Å².